The zero-order valence-electron chi connectivity index (χ0n) is 16.2. The molecular weight excluding hydrogens is 394 g/mol. The molecule has 1 atom stereocenters. The SMILES string of the molecule is COc1ccc(N2CC(C(=O)N3CCC(N4C(=O)CSC4=O)CC3)CC2=O)cc1. The van der Waals surface area contributed by atoms with E-state index in [9.17, 15) is 19.2 Å². The van der Waals surface area contributed by atoms with Crippen molar-refractivity contribution >= 4 is 40.4 Å². The monoisotopic (exact) mass is 417 g/mol. The van der Waals surface area contributed by atoms with Gasteiger partial charge in [0.2, 0.25) is 17.7 Å². The summed E-state index contributed by atoms with van der Waals surface area (Å²) in [6, 6.07) is 7.09. The number of nitrogens with zero attached hydrogens (tertiary/aromatic N) is 3. The van der Waals surface area contributed by atoms with Crippen molar-refractivity contribution in [1.82, 2.24) is 9.80 Å². The number of amides is 4. The summed E-state index contributed by atoms with van der Waals surface area (Å²) in [5.74, 6) is 0.330. The van der Waals surface area contributed by atoms with Gasteiger partial charge in [-0.15, -0.1) is 0 Å². The molecule has 1 unspecified atom stereocenters. The van der Waals surface area contributed by atoms with Crippen LogP contribution in [0.25, 0.3) is 0 Å². The van der Waals surface area contributed by atoms with Crippen LogP contribution in [0.15, 0.2) is 24.3 Å². The van der Waals surface area contributed by atoms with Crippen LogP contribution in [0.2, 0.25) is 0 Å². The second-order valence-corrected chi connectivity index (χ2v) is 8.40. The molecule has 3 fully saturated rings. The van der Waals surface area contributed by atoms with E-state index in [0.717, 1.165) is 17.4 Å². The number of carbonyl (C=O) groups excluding carboxylic acids is 4. The topological polar surface area (TPSA) is 87.2 Å². The van der Waals surface area contributed by atoms with Crippen molar-refractivity contribution in [3.05, 3.63) is 24.3 Å². The van der Waals surface area contributed by atoms with Gasteiger partial charge in [0.25, 0.3) is 5.24 Å². The van der Waals surface area contributed by atoms with Crippen molar-refractivity contribution in [2.24, 2.45) is 5.92 Å². The first kappa shape index (κ1) is 19.8. The fraction of sp³-hybridized carbons (Fsp3) is 0.500. The van der Waals surface area contributed by atoms with E-state index in [4.69, 9.17) is 4.74 Å². The van der Waals surface area contributed by atoms with Crippen LogP contribution < -0.4 is 9.64 Å². The van der Waals surface area contributed by atoms with Crippen LogP contribution in [-0.4, -0.2) is 71.3 Å². The van der Waals surface area contributed by atoms with Gasteiger partial charge in [-0.25, -0.2) is 0 Å². The number of thioether (sulfide) groups is 1. The first-order valence-electron chi connectivity index (χ1n) is 9.70. The first-order chi connectivity index (χ1) is 14.0. The molecule has 3 aliphatic rings. The van der Waals surface area contributed by atoms with Crippen LogP contribution in [0.5, 0.6) is 5.75 Å². The Morgan fingerprint density at radius 3 is 2.34 bits per heavy atom. The number of likely N-dealkylation sites (tertiary alicyclic amines) is 1. The second kappa shape index (κ2) is 8.06. The summed E-state index contributed by atoms with van der Waals surface area (Å²) in [6.07, 6.45) is 1.38. The highest BCUT2D eigenvalue weighted by molar-refractivity contribution is 8.14. The maximum absolute atomic E-state index is 13.0. The number of ether oxygens (including phenoxy) is 1. The predicted molar refractivity (Wildman–Crippen MR) is 108 cm³/mol. The molecule has 0 saturated carbocycles. The Hall–Kier alpha value is -2.55. The molecule has 1 aromatic rings. The van der Waals surface area contributed by atoms with Gasteiger partial charge in [0.05, 0.1) is 18.8 Å². The number of piperidine rings is 1. The largest absolute Gasteiger partial charge is 0.497 e. The maximum Gasteiger partial charge on any atom is 0.289 e. The van der Waals surface area contributed by atoms with Gasteiger partial charge < -0.3 is 14.5 Å². The molecule has 3 aliphatic heterocycles. The Morgan fingerprint density at radius 1 is 1.07 bits per heavy atom. The van der Waals surface area contributed by atoms with Crippen molar-refractivity contribution in [2.75, 3.05) is 37.4 Å². The standard InChI is InChI=1S/C20H23N3O5S/c1-28-16-4-2-14(3-5-16)22-11-13(10-17(22)24)19(26)21-8-6-15(7-9-21)23-18(25)12-29-20(23)27/h2-5,13,15H,6-12H2,1H3. The summed E-state index contributed by atoms with van der Waals surface area (Å²) in [5.41, 5.74) is 0.758. The van der Waals surface area contributed by atoms with Crippen LogP contribution in [-0.2, 0) is 14.4 Å². The highest BCUT2D eigenvalue weighted by Gasteiger charge is 2.41. The molecule has 8 nitrogen and oxygen atoms in total. The lowest BCUT2D eigenvalue weighted by Crippen LogP contribution is -2.49. The number of rotatable bonds is 4. The molecule has 0 bridgehead atoms. The molecule has 3 heterocycles. The van der Waals surface area contributed by atoms with E-state index >= 15 is 0 Å². The van der Waals surface area contributed by atoms with Crippen LogP contribution in [0.1, 0.15) is 19.3 Å². The van der Waals surface area contributed by atoms with Gasteiger partial charge in [-0.1, -0.05) is 11.8 Å². The number of anilines is 1. The molecule has 0 aliphatic carbocycles. The lowest BCUT2D eigenvalue weighted by molar-refractivity contribution is -0.137. The van der Waals surface area contributed by atoms with Crippen LogP contribution in [0.3, 0.4) is 0 Å². The van der Waals surface area contributed by atoms with E-state index in [1.165, 1.54) is 4.90 Å². The molecule has 154 valence electrons. The van der Waals surface area contributed by atoms with Gasteiger partial charge in [0.15, 0.2) is 0 Å². The third-order valence-electron chi connectivity index (χ3n) is 5.78. The van der Waals surface area contributed by atoms with Crippen molar-refractivity contribution in [2.45, 2.75) is 25.3 Å². The van der Waals surface area contributed by atoms with Gasteiger partial charge in [0.1, 0.15) is 5.75 Å². The van der Waals surface area contributed by atoms with Crippen LogP contribution in [0.4, 0.5) is 10.5 Å². The smallest absolute Gasteiger partial charge is 0.289 e. The van der Waals surface area contributed by atoms with Gasteiger partial charge in [-0.2, -0.15) is 0 Å². The minimum absolute atomic E-state index is 0.0266. The molecule has 1 aromatic carbocycles. The zero-order valence-corrected chi connectivity index (χ0v) is 17.0. The molecule has 3 saturated heterocycles. The third-order valence-corrected chi connectivity index (χ3v) is 6.62. The Morgan fingerprint density at radius 2 is 1.76 bits per heavy atom. The fourth-order valence-electron chi connectivity index (χ4n) is 4.20. The zero-order chi connectivity index (χ0) is 20.5. The summed E-state index contributed by atoms with van der Waals surface area (Å²) >= 11 is 1.04. The number of hydrogen-bond donors (Lipinski definition) is 0. The van der Waals surface area contributed by atoms with E-state index in [0.29, 0.717) is 38.2 Å². The van der Waals surface area contributed by atoms with E-state index < -0.39 is 0 Å². The molecule has 0 aromatic heterocycles. The second-order valence-electron chi connectivity index (χ2n) is 7.48. The molecule has 4 amide bonds. The summed E-state index contributed by atoms with van der Waals surface area (Å²) in [4.78, 5) is 54.0. The third kappa shape index (κ3) is 3.83. The Bertz CT molecular complexity index is 819. The van der Waals surface area contributed by atoms with E-state index in [1.54, 1.807) is 29.0 Å². The molecule has 4 rings (SSSR count). The van der Waals surface area contributed by atoms with Gasteiger partial charge in [-0.05, 0) is 37.1 Å². The number of methoxy groups -OCH3 is 1. The molecule has 0 N–H and O–H groups in total. The molecular formula is C20H23N3O5S. The lowest BCUT2D eigenvalue weighted by Gasteiger charge is -2.36. The quantitative estimate of drug-likeness (QED) is 0.742. The number of carbonyl (C=O) groups is 4. The Balaban J connectivity index is 1.35. The van der Waals surface area contributed by atoms with Gasteiger partial charge in [0, 0.05) is 37.8 Å². The van der Waals surface area contributed by atoms with Crippen LogP contribution >= 0.6 is 11.8 Å². The highest BCUT2D eigenvalue weighted by Crippen LogP contribution is 2.30. The van der Waals surface area contributed by atoms with Crippen molar-refractivity contribution < 1.29 is 23.9 Å². The number of imide groups is 1. The number of benzene rings is 1. The highest BCUT2D eigenvalue weighted by atomic mass is 32.2. The van der Waals surface area contributed by atoms with E-state index in [2.05, 4.69) is 0 Å². The summed E-state index contributed by atoms with van der Waals surface area (Å²) < 4.78 is 5.15. The predicted octanol–water partition coefficient (Wildman–Crippen LogP) is 1.73. The van der Waals surface area contributed by atoms with Gasteiger partial charge in [-0.3, -0.25) is 24.1 Å². The summed E-state index contributed by atoms with van der Waals surface area (Å²) in [5, 5.41) is -0.184. The minimum atomic E-state index is -0.369. The first-order valence-corrected chi connectivity index (χ1v) is 10.7. The summed E-state index contributed by atoms with van der Waals surface area (Å²) in [6.45, 7) is 1.36. The Labute approximate surface area is 173 Å². The van der Waals surface area contributed by atoms with Crippen molar-refractivity contribution in [1.29, 1.82) is 0 Å². The molecule has 0 spiro atoms. The van der Waals surface area contributed by atoms with E-state index in [-0.39, 0.29) is 47.1 Å². The van der Waals surface area contributed by atoms with Gasteiger partial charge >= 0.3 is 0 Å². The number of hydrogen-bond acceptors (Lipinski definition) is 6. The fourth-order valence-corrected chi connectivity index (χ4v) is 4.98. The normalized spacial score (nSPS) is 23.3. The average Bonchev–Trinajstić information content (AvgIpc) is 3.29. The maximum atomic E-state index is 13.0. The lowest BCUT2D eigenvalue weighted by atomic mass is 10.0. The average molecular weight is 417 g/mol. The molecule has 9 heteroatoms. The van der Waals surface area contributed by atoms with Crippen molar-refractivity contribution in [3.8, 4) is 5.75 Å². The van der Waals surface area contributed by atoms with Crippen molar-refractivity contribution in [3.63, 3.8) is 0 Å². The molecule has 0 radical (unpaired) electrons. The summed E-state index contributed by atoms with van der Waals surface area (Å²) in [7, 11) is 1.59. The van der Waals surface area contributed by atoms with E-state index in [1.807, 2.05) is 12.1 Å². The Kier molecular flexibility index (Phi) is 5.49. The van der Waals surface area contributed by atoms with Crippen LogP contribution in [0, 0.1) is 5.92 Å². The molecule has 29 heavy (non-hydrogen) atoms. The minimum Gasteiger partial charge on any atom is -0.497 e.